The van der Waals surface area contributed by atoms with E-state index >= 15 is 0 Å². The van der Waals surface area contributed by atoms with Gasteiger partial charge in [0.2, 0.25) is 0 Å². The predicted octanol–water partition coefficient (Wildman–Crippen LogP) is 2.36. The Hall–Kier alpha value is -0.450. The molecular formula is C12H20N2OS. The third-order valence-corrected chi connectivity index (χ3v) is 3.57. The molecule has 1 aliphatic carbocycles. The molecule has 0 aliphatic heterocycles. The number of aryl methyl sites for hydroxylation is 1. The number of hydrogen-bond donors (Lipinski definition) is 1. The fourth-order valence-corrected chi connectivity index (χ4v) is 2.30. The second-order valence-electron chi connectivity index (χ2n) is 4.39. The lowest BCUT2D eigenvalue weighted by atomic mass is 10.4. The van der Waals surface area contributed by atoms with Crippen LogP contribution in [0.2, 0.25) is 0 Å². The molecule has 0 atom stereocenters. The van der Waals surface area contributed by atoms with Crippen molar-refractivity contribution >= 4 is 11.3 Å². The molecule has 4 heteroatoms. The first-order chi connectivity index (χ1) is 7.84. The number of aromatic nitrogens is 1. The Morgan fingerprint density at radius 2 is 2.44 bits per heavy atom. The average Bonchev–Trinajstić information content (AvgIpc) is 3.00. The largest absolute Gasteiger partial charge is 0.381 e. The molecule has 3 nitrogen and oxygen atoms in total. The molecule has 1 aromatic rings. The highest BCUT2D eigenvalue weighted by atomic mass is 32.1. The minimum atomic E-state index is 0.883. The van der Waals surface area contributed by atoms with Gasteiger partial charge in [0.25, 0.3) is 0 Å². The summed E-state index contributed by atoms with van der Waals surface area (Å²) in [4.78, 5) is 5.54. The van der Waals surface area contributed by atoms with Gasteiger partial charge in [-0.1, -0.05) is 0 Å². The third kappa shape index (κ3) is 4.60. The maximum atomic E-state index is 5.56. The quantitative estimate of drug-likeness (QED) is 0.708. The summed E-state index contributed by atoms with van der Waals surface area (Å²) in [5, 5.41) is 4.55. The molecule has 2 rings (SSSR count). The molecule has 0 aromatic carbocycles. The van der Waals surface area contributed by atoms with Gasteiger partial charge in [0, 0.05) is 30.8 Å². The van der Waals surface area contributed by atoms with Gasteiger partial charge in [-0.15, -0.1) is 11.3 Å². The summed E-state index contributed by atoms with van der Waals surface area (Å²) in [6.45, 7) is 5.88. The lowest BCUT2D eigenvalue weighted by molar-refractivity contribution is 0.122. The Balaban J connectivity index is 1.42. The summed E-state index contributed by atoms with van der Waals surface area (Å²) in [5.41, 5.74) is 0. The second kappa shape index (κ2) is 6.33. The molecule has 1 N–H and O–H groups in total. The molecule has 1 aliphatic rings. The molecule has 0 amide bonds. The Bertz CT molecular complexity index is 310. The van der Waals surface area contributed by atoms with Crippen molar-refractivity contribution in [1.29, 1.82) is 0 Å². The van der Waals surface area contributed by atoms with Gasteiger partial charge in [0.15, 0.2) is 0 Å². The Kier molecular flexibility index (Phi) is 4.75. The fraction of sp³-hybridized carbons (Fsp3) is 0.750. The van der Waals surface area contributed by atoms with Gasteiger partial charge in [-0.25, -0.2) is 4.98 Å². The maximum absolute atomic E-state index is 5.56. The molecule has 16 heavy (non-hydrogen) atoms. The zero-order chi connectivity index (χ0) is 11.2. The van der Waals surface area contributed by atoms with Crippen LogP contribution in [0.25, 0.3) is 0 Å². The fourth-order valence-electron chi connectivity index (χ4n) is 1.53. The molecular weight excluding hydrogens is 220 g/mol. The predicted molar refractivity (Wildman–Crippen MR) is 66.7 cm³/mol. The van der Waals surface area contributed by atoms with Crippen LogP contribution in [0.1, 0.15) is 29.1 Å². The van der Waals surface area contributed by atoms with Crippen molar-refractivity contribution in [3.63, 3.8) is 0 Å². The third-order valence-electron chi connectivity index (χ3n) is 2.66. The zero-order valence-corrected chi connectivity index (χ0v) is 10.7. The van der Waals surface area contributed by atoms with E-state index in [2.05, 4.69) is 10.3 Å². The summed E-state index contributed by atoms with van der Waals surface area (Å²) < 4.78 is 5.56. The molecule has 0 unspecified atom stereocenters. The van der Waals surface area contributed by atoms with Crippen LogP contribution >= 0.6 is 11.3 Å². The van der Waals surface area contributed by atoms with Crippen LogP contribution in [0.15, 0.2) is 6.20 Å². The van der Waals surface area contributed by atoms with Crippen molar-refractivity contribution in [2.45, 2.75) is 32.7 Å². The van der Waals surface area contributed by atoms with E-state index < -0.39 is 0 Å². The summed E-state index contributed by atoms with van der Waals surface area (Å²) in [5.74, 6) is 0.883. The van der Waals surface area contributed by atoms with Gasteiger partial charge < -0.3 is 10.1 Å². The SMILES string of the molecule is Cc1ncc(CNCCCOCC2CC2)s1. The standard InChI is InChI=1S/C12H20N2OS/c1-10-14-8-12(16-10)7-13-5-2-6-15-9-11-3-4-11/h8,11,13H,2-7,9H2,1H3. The van der Waals surface area contributed by atoms with E-state index in [0.717, 1.165) is 43.6 Å². The number of nitrogens with zero attached hydrogens (tertiary/aromatic N) is 1. The van der Waals surface area contributed by atoms with E-state index in [-0.39, 0.29) is 0 Å². The Labute approximate surface area is 101 Å². The number of ether oxygens (including phenoxy) is 1. The Morgan fingerprint density at radius 1 is 1.56 bits per heavy atom. The summed E-state index contributed by atoms with van der Waals surface area (Å²) in [6.07, 6.45) is 5.81. The molecule has 0 bridgehead atoms. The minimum Gasteiger partial charge on any atom is -0.381 e. The first-order valence-electron chi connectivity index (χ1n) is 6.04. The average molecular weight is 240 g/mol. The van der Waals surface area contributed by atoms with Crippen molar-refractivity contribution < 1.29 is 4.74 Å². The maximum Gasteiger partial charge on any atom is 0.0897 e. The van der Waals surface area contributed by atoms with Crippen LogP contribution in [-0.4, -0.2) is 24.7 Å². The Morgan fingerprint density at radius 3 is 3.12 bits per heavy atom. The molecule has 1 saturated carbocycles. The van der Waals surface area contributed by atoms with Crippen LogP contribution in [0.5, 0.6) is 0 Å². The van der Waals surface area contributed by atoms with Crippen molar-refractivity contribution in [2.24, 2.45) is 5.92 Å². The molecule has 0 radical (unpaired) electrons. The van der Waals surface area contributed by atoms with E-state index in [1.807, 2.05) is 13.1 Å². The number of nitrogens with one attached hydrogen (secondary N) is 1. The van der Waals surface area contributed by atoms with Gasteiger partial charge in [0.05, 0.1) is 5.01 Å². The summed E-state index contributed by atoms with van der Waals surface area (Å²) >= 11 is 1.76. The number of hydrogen-bond acceptors (Lipinski definition) is 4. The van der Waals surface area contributed by atoms with E-state index in [0.29, 0.717) is 0 Å². The van der Waals surface area contributed by atoms with Crippen molar-refractivity contribution in [3.05, 3.63) is 16.1 Å². The van der Waals surface area contributed by atoms with Crippen LogP contribution < -0.4 is 5.32 Å². The van der Waals surface area contributed by atoms with E-state index in [9.17, 15) is 0 Å². The zero-order valence-electron chi connectivity index (χ0n) is 9.87. The van der Waals surface area contributed by atoms with Crippen LogP contribution in [0.4, 0.5) is 0 Å². The van der Waals surface area contributed by atoms with Gasteiger partial charge >= 0.3 is 0 Å². The van der Waals surface area contributed by atoms with E-state index in [1.54, 1.807) is 11.3 Å². The van der Waals surface area contributed by atoms with Crippen LogP contribution in [0.3, 0.4) is 0 Å². The monoisotopic (exact) mass is 240 g/mol. The van der Waals surface area contributed by atoms with Crippen LogP contribution in [0, 0.1) is 12.8 Å². The first kappa shape index (κ1) is 12.0. The van der Waals surface area contributed by atoms with Gasteiger partial charge in [-0.05, 0) is 38.6 Å². The molecule has 1 fully saturated rings. The molecule has 0 spiro atoms. The molecule has 1 heterocycles. The van der Waals surface area contributed by atoms with E-state index in [4.69, 9.17) is 4.74 Å². The topological polar surface area (TPSA) is 34.2 Å². The molecule has 90 valence electrons. The lowest BCUT2D eigenvalue weighted by Gasteiger charge is -2.04. The highest BCUT2D eigenvalue weighted by Gasteiger charge is 2.20. The normalized spacial score (nSPS) is 15.6. The van der Waals surface area contributed by atoms with Crippen LogP contribution in [-0.2, 0) is 11.3 Å². The lowest BCUT2D eigenvalue weighted by Crippen LogP contribution is -2.16. The minimum absolute atomic E-state index is 0.883. The summed E-state index contributed by atoms with van der Waals surface area (Å²) in [7, 11) is 0. The van der Waals surface area contributed by atoms with E-state index in [1.165, 1.54) is 17.7 Å². The number of rotatable bonds is 8. The van der Waals surface area contributed by atoms with Crippen molar-refractivity contribution in [1.82, 2.24) is 10.3 Å². The van der Waals surface area contributed by atoms with Gasteiger partial charge in [-0.2, -0.15) is 0 Å². The molecule has 1 aromatic heterocycles. The van der Waals surface area contributed by atoms with Gasteiger partial charge in [-0.3, -0.25) is 0 Å². The number of thiazole rings is 1. The molecule has 0 saturated heterocycles. The van der Waals surface area contributed by atoms with Crippen molar-refractivity contribution in [2.75, 3.05) is 19.8 Å². The summed E-state index contributed by atoms with van der Waals surface area (Å²) in [6, 6.07) is 0. The smallest absolute Gasteiger partial charge is 0.0897 e. The van der Waals surface area contributed by atoms with Crippen molar-refractivity contribution in [3.8, 4) is 0 Å². The first-order valence-corrected chi connectivity index (χ1v) is 6.86. The van der Waals surface area contributed by atoms with Gasteiger partial charge in [0.1, 0.15) is 0 Å². The highest BCUT2D eigenvalue weighted by molar-refractivity contribution is 7.11. The highest BCUT2D eigenvalue weighted by Crippen LogP contribution is 2.28. The second-order valence-corrected chi connectivity index (χ2v) is 5.71.